The Hall–Kier alpha value is -0.870. The number of aromatic nitrogens is 1. The van der Waals surface area contributed by atoms with E-state index in [0.717, 1.165) is 44.6 Å². The molecule has 1 aliphatic heterocycles. The van der Waals surface area contributed by atoms with Crippen LogP contribution >= 0.6 is 24.0 Å². The van der Waals surface area contributed by atoms with Crippen molar-refractivity contribution in [3.8, 4) is 0 Å². The van der Waals surface area contributed by atoms with Crippen molar-refractivity contribution in [3.05, 3.63) is 17.8 Å². The van der Waals surface area contributed by atoms with Crippen LogP contribution in [0.1, 0.15) is 64.5 Å². The lowest BCUT2D eigenvalue weighted by Gasteiger charge is -2.48. The molecule has 0 spiro atoms. The van der Waals surface area contributed by atoms with Crippen LogP contribution in [0.25, 0.3) is 0 Å². The molecule has 0 unspecified atom stereocenters. The summed E-state index contributed by atoms with van der Waals surface area (Å²) >= 11 is 0. The minimum Gasteiger partial charge on any atom is -0.443 e. The molecule has 29 heavy (non-hydrogen) atoms. The summed E-state index contributed by atoms with van der Waals surface area (Å²) < 4.78 is 11.5. The lowest BCUT2D eigenvalue weighted by molar-refractivity contribution is -0.0352. The molecule has 0 bridgehead atoms. The second-order valence-electron chi connectivity index (χ2n) is 9.03. The van der Waals surface area contributed by atoms with E-state index in [1.807, 2.05) is 13.2 Å². The Morgan fingerprint density at radius 2 is 1.86 bits per heavy atom. The molecule has 0 atom stereocenters. The van der Waals surface area contributed by atoms with Crippen molar-refractivity contribution < 1.29 is 9.15 Å². The summed E-state index contributed by atoms with van der Waals surface area (Å²) in [6, 6.07) is 0. The van der Waals surface area contributed by atoms with E-state index in [1.54, 1.807) is 0 Å². The maximum atomic E-state index is 5.87. The first-order valence-electron chi connectivity index (χ1n) is 10.7. The molecule has 8 heteroatoms. The molecule has 3 rings (SSSR count). The lowest BCUT2D eigenvalue weighted by atomic mass is 9.80. The molecular weight excluding hydrogens is 481 g/mol. The predicted molar refractivity (Wildman–Crippen MR) is 127 cm³/mol. The number of nitrogens with one attached hydrogen (secondary N) is 2. The van der Waals surface area contributed by atoms with Gasteiger partial charge in [0.25, 0.3) is 0 Å². The molecular formula is C21H38IN5O2. The molecule has 1 aliphatic carbocycles. The van der Waals surface area contributed by atoms with Crippen LogP contribution in [0.15, 0.2) is 15.6 Å². The maximum absolute atomic E-state index is 5.87. The highest BCUT2D eigenvalue weighted by Crippen LogP contribution is 2.33. The van der Waals surface area contributed by atoms with Crippen molar-refractivity contribution in [2.24, 2.45) is 4.99 Å². The topological polar surface area (TPSA) is 74.9 Å². The zero-order valence-corrected chi connectivity index (χ0v) is 20.8. The van der Waals surface area contributed by atoms with Gasteiger partial charge in [0, 0.05) is 37.6 Å². The Kier molecular flexibility index (Phi) is 9.21. The van der Waals surface area contributed by atoms with Gasteiger partial charge in [-0.1, -0.05) is 40.0 Å². The van der Waals surface area contributed by atoms with E-state index in [2.05, 4.69) is 46.3 Å². The molecule has 1 saturated carbocycles. The molecule has 2 heterocycles. The van der Waals surface area contributed by atoms with Gasteiger partial charge in [-0.25, -0.2) is 4.98 Å². The van der Waals surface area contributed by atoms with Crippen molar-refractivity contribution in [2.75, 3.05) is 39.9 Å². The van der Waals surface area contributed by atoms with E-state index in [-0.39, 0.29) is 34.9 Å². The van der Waals surface area contributed by atoms with Crippen LogP contribution < -0.4 is 10.6 Å². The third-order valence-corrected chi connectivity index (χ3v) is 5.97. The molecule has 166 valence electrons. The molecule has 1 saturated heterocycles. The molecule has 0 amide bonds. The Morgan fingerprint density at radius 3 is 2.45 bits per heavy atom. The van der Waals surface area contributed by atoms with Gasteiger partial charge < -0.3 is 19.8 Å². The number of morpholine rings is 1. The van der Waals surface area contributed by atoms with Gasteiger partial charge in [0.1, 0.15) is 5.76 Å². The molecule has 1 aromatic heterocycles. The average Bonchev–Trinajstić information content (AvgIpc) is 3.19. The predicted octanol–water partition coefficient (Wildman–Crippen LogP) is 3.29. The summed E-state index contributed by atoms with van der Waals surface area (Å²) in [5, 5.41) is 6.92. The third-order valence-electron chi connectivity index (χ3n) is 5.97. The Labute approximate surface area is 192 Å². The second-order valence-corrected chi connectivity index (χ2v) is 9.03. The second kappa shape index (κ2) is 10.9. The van der Waals surface area contributed by atoms with E-state index in [0.29, 0.717) is 12.4 Å². The Bertz CT molecular complexity index is 644. The minimum absolute atomic E-state index is 0. The highest BCUT2D eigenvalue weighted by Gasteiger charge is 2.38. The number of halogens is 1. The molecule has 2 aliphatic rings. The van der Waals surface area contributed by atoms with Gasteiger partial charge in [-0.2, -0.15) is 0 Å². The zero-order chi connectivity index (χ0) is 20.0. The lowest BCUT2D eigenvalue weighted by Crippen LogP contribution is -2.60. The summed E-state index contributed by atoms with van der Waals surface area (Å²) in [7, 11) is 1.81. The Morgan fingerprint density at radius 1 is 1.17 bits per heavy atom. The van der Waals surface area contributed by atoms with E-state index in [1.165, 1.54) is 32.1 Å². The summed E-state index contributed by atoms with van der Waals surface area (Å²) in [4.78, 5) is 11.4. The number of nitrogens with zero attached hydrogens (tertiary/aromatic N) is 3. The fraction of sp³-hybridized carbons (Fsp3) is 0.810. The number of aliphatic imine (C=N–C) groups is 1. The first kappa shape index (κ1) is 24.4. The smallest absolute Gasteiger partial charge is 0.213 e. The van der Waals surface area contributed by atoms with Gasteiger partial charge in [-0.3, -0.25) is 9.89 Å². The summed E-state index contributed by atoms with van der Waals surface area (Å²) in [5.41, 5.74) is 0.179. The van der Waals surface area contributed by atoms with Crippen LogP contribution in [0.4, 0.5) is 0 Å². The third kappa shape index (κ3) is 6.55. The standard InChI is InChI=1S/C21H37N5O2.HI/c1-20(2,3)17-14-23-18(28-17)15-24-19(22-4)25-16-21(8-6-5-7-9-21)26-10-12-27-13-11-26;/h14H,5-13,15-16H2,1-4H3,(H2,22,24,25);1H. The van der Waals surface area contributed by atoms with Crippen molar-refractivity contribution >= 4 is 29.9 Å². The molecule has 2 N–H and O–H groups in total. The molecule has 2 fully saturated rings. The van der Waals surface area contributed by atoms with Crippen molar-refractivity contribution in [1.29, 1.82) is 0 Å². The van der Waals surface area contributed by atoms with Gasteiger partial charge in [-0.15, -0.1) is 24.0 Å². The van der Waals surface area contributed by atoms with Gasteiger partial charge in [0.05, 0.1) is 26.0 Å². The maximum Gasteiger partial charge on any atom is 0.213 e. The number of hydrogen-bond donors (Lipinski definition) is 2. The first-order valence-corrected chi connectivity index (χ1v) is 10.7. The van der Waals surface area contributed by atoms with Crippen LogP contribution in [-0.4, -0.2) is 61.3 Å². The van der Waals surface area contributed by atoms with Gasteiger partial charge >= 0.3 is 0 Å². The Balaban J connectivity index is 0.00000300. The average molecular weight is 519 g/mol. The summed E-state index contributed by atoms with van der Waals surface area (Å²) in [6.07, 6.45) is 8.26. The summed E-state index contributed by atoms with van der Waals surface area (Å²) in [5.74, 6) is 2.39. The zero-order valence-electron chi connectivity index (χ0n) is 18.4. The van der Waals surface area contributed by atoms with Crippen LogP contribution in [0, 0.1) is 0 Å². The van der Waals surface area contributed by atoms with Crippen LogP contribution in [-0.2, 0) is 16.7 Å². The highest BCUT2D eigenvalue weighted by molar-refractivity contribution is 14.0. The number of rotatable bonds is 5. The van der Waals surface area contributed by atoms with E-state index in [4.69, 9.17) is 9.15 Å². The highest BCUT2D eigenvalue weighted by atomic mass is 127. The molecule has 0 radical (unpaired) electrons. The SMILES string of the molecule is CN=C(NCc1ncc(C(C)(C)C)o1)NCC1(N2CCOCC2)CCCCC1.I. The number of guanidine groups is 1. The van der Waals surface area contributed by atoms with Gasteiger partial charge in [-0.05, 0) is 12.8 Å². The van der Waals surface area contributed by atoms with Crippen LogP contribution in [0.5, 0.6) is 0 Å². The largest absolute Gasteiger partial charge is 0.443 e. The van der Waals surface area contributed by atoms with Crippen molar-refractivity contribution in [1.82, 2.24) is 20.5 Å². The number of hydrogen-bond acceptors (Lipinski definition) is 5. The van der Waals surface area contributed by atoms with E-state index in [9.17, 15) is 0 Å². The quantitative estimate of drug-likeness (QED) is 0.354. The van der Waals surface area contributed by atoms with Gasteiger partial charge in [0.2, 0.25) is 5.89 Å². The minimum atomic E-state index is -0.0311. The fourth-order valence-electron chi connectivity index (χ4n) is 4.22. The summed E-state index contributed by atoms with van der Waals surface area (Å²) in [6.45, 7) is 11.6. The van der Waals surface area contributed by atoms with Crippen LogP contribution in [0.2, 0.25) is 0 Å². The monoisotopic (exact) mass is 519 g/mol. The normalized spacial score (nSPS) is 20.8. The number of ether oxygens (including phenoxy) is 1. The van der Waals surface area contributed by atoms with Gasteiger partial charge in [0.15, 0.2) is 5.96 Å². The van der Waals surface area contributed by atoms with Crippen LogP contribution in [0.3, 0.4) is 0 Å². The fourth-order valence-corrected chi connectivity index (χ4v) is 4.22. The van der Waals surface area contributed by atoms with Crippen molar-refractivity contribution in [2.45, 2.75) is 70.4 Å². The van der Waals surface area contributed by atoms with E-state index < -0.39 is 0 Å². The molecule has 0 aromatic carbocycles. The first-order chi connectivity index (χ1) is 13.4. The molecule has 7 nitrogen and oxygen atoms in total. The van der Waals surface area contributed by atoms with E-state index >= 15 is 0 Å². The molecule has 1 aromatic rings. The van der Waals surface area contributed by atoms with Crippen molar-refractivity contribution in [3.63, 3.8) is 0 Å². The number of oxazole rings is 1.